The average Bonchev–Trinajstić information content (AvgIpc) is 2.73. The lowest BCUT2D eigenvalue weighted by Crippen LogP contribution is -2.35. The van der Waals surface area contributed by atoms with Gasteiger partial charge in [-0.3, -0.25) is 9.59 Å². The number of halogens is 1. The van der Waals surface area contributed by atoms with E-state index in [1.807, 2.05) is 0 Å². The van der Waals surface area contributed by atoms with Crippen molar-refractivity contribution in [1.29, 1.82) is 5.26 Å². The van der Waals surface area contributed by atoms with Crippen molar-refractivity contribution < 1.29 is 17.6 Å². The zero-order chi connectivity index (χ0) is 23.0. The van der Waals surface area contributed by atoms with Gasteiger partial charge in [-0.25, -0.2) is 12.8 Å². The average molecular weight is 450 g/mol. The van der Waals surface area contributed by atoms with Gasteiger partial charge in [-0.2, -0.15) is 9.57 Å². The molecule has 2 N–H and O–H groups in total. The highest BCUT2D eigenvalue weighted by atomic mass is 32.2. The van der Waals surface area contributed by atoms with Gasteiger partial charge in [0.25, 0.3) is 5.56 Å². The predicted molar refractivity (Wildman–Crippen MR) is 113 cm³/mol. The minimum atomic E-state index is -3.76. The highest BCUT2D eigenvalue weighted by Gasteiger charge is 2.22. The van der Waals surface area contributed by atoms with Crippen LogP contribution < -0.4 is 16.2 Å². The zero-order valence-corrected chi connectivity index (χ0v) is 18.1. The van der Waals surface area contributed by atoms with E-state index in [1.54, 1.807) is 26.0 Å². The van der Waals surface area contributed by atoms with Gasteiger partial charge in [0.15, 0.2) is 0 Å². The van der Waals surface area contributed by atoms with Crippen LogP contribution in [0.25, 0.3) is 0 Å². The van der Waals surface area contributed by atoms with E-state index in [0.717, 1.165) is 16.8 Å². The predicted octanol–water partition coefficient (Wildman–Crippen LogP) is 1.12. The van der Waals surface area contributed by atoms with Crippen LogP contribution in [-0.4, -0.2) is 49.4 Å². The Morgan fingerprint density at radius 1 is 1.19 bits per heavy atom. The summed E-state index contributed by atoms with van der Waals surface area (Å²) in [4.78, 5) is 24.2. The number of nitriles is 1. The van der Waals surface area contributed by atoms with Crippen molar-refractivity contribution in [1.82, 2.24) is 14.2 Å². The Labute approximate surface area is 180 Å². The van der Waals surface area contributed by atoms with Gasteiger partial charge in [0.05, 0.1) is 10.6 Å². The molecule has 1 heterocycles. The number of anilines is 1. The van der Waals surface area contributed by atoms with Gasteiger partial charge in [0.1, 0.15) is 24.0 Å². The van der Waals surface area contributed by atoms with Crippen LogP contribution in [0.5, 0.6) is 0 Å². The molecule has 1 aromatic heterocycles. The molecule has 0 fully saturated rings. The Morgan fingerprint density at radius 3 is 2.55 bits per heavy atom. The summed E-state index contributed by atoms with van der Waals surface area (Å²) < 4.78 is 41.1. The highest BCUT2D eigenvalue weighted by molar-refractivity contribution is 7.89. The van der Waals surface area contributed by atoms with Gasteiger partial charge in [0.2, 0.25) is 15.9 Å². The highest BCUT2D eigenvalue weighted by Crippen LogP contribution is 2.17. The molecule has 1 aromatic carbocycles. The van der Waals surface area contributed by atoms with Crippen LogP contribution in [0.4, 0.5) is 10.1 Å². The van der Waals surface area contributed by atoms with Crippen LogP contribution in [0.1, 0.15) is 19.4 Å². The van der Waals surface area contributed by atoms with Crippen molar-refractivity contribution >= 4 is 21.6 Å². The summed E-state index contributed by atoms with van der Waals surface area (Å²) in [6.07, 6.45) is 1.15. The van der Waals surface area contributed by atoms with Gasteiger partial charge in [-0.15, -0.1) is 0 Å². The molecule has 0 atom stereocenters. The second kappa shape index (κ2) is 10.7. The third-order valence-corrected chi connectivity index (χ3v) is 6.53. The van der Waals surface area contributed by atoms with Gasteiger partial charge >= 0.3 is 0 Å². The molecule has 0 saturated carbocycles. The topological polar surface area (TPSA) is 124 Å². The first kappa shape index (κ1) is 24.0. The lowest BCUT2D eigenvalue weighted by molar-refractivity contribution is -0.121. The Bertz CT molecular complexity index is 1140. The molecule has 0 saturated heterocycles. The fraction of sp³-hybridized carbons (Fsp3) is 0.350. The first-order chi connectivity index (χ1) is 14.7. The third-order valence-electron chi connectivity index (χ3n) is 4.50. The molecule has 1 amide bonds. The maximum Gasteiger partial charge on any atom is 0.251 e. The lowest BCUT2D eigenvalue weighted by atomic mass is 10.2. The summed E-state index contributed by atoms with van der Waals surface area (Å²) in [5.74, 6) is -1.14. The lowest BCUT2D eigenvalue weighted by Gasteiger charge is -2.19. The number of rotatable bonds is 10. The van der Waals surface area contributed by atoms with Crippen LogP contribution in [0, 0.1) is 17.1 Å². The quantitative estimate of drug-likeness (QED) is 0.524. The van der Waals surface area contributed by atoms with Gasteiger partial charge in [0, 0.05) is 38.4 Å². The summed E-state index contributed by atoms with van der Waals surface area (Å²) in [5.41, 5.74) is -0.320. The molecule has 9 nitrogen and oxygen atoms in total. The number of benzene rings is 1. The molecular formula is C20H24FN5O4S. The van der Waals surface area contributed by atoms with E-state index in [0.29, 0.717) is 5.69 Å². The molecule has 31 heavy (non-hydrogen) atoms. The molecule has 0 aliphatic heterocycles. The third kappa shape index (κ3) is 5.90. The van der Waals surface area contributed by atoms with Crippen molar-refractivity contribution in [3.63, 3.8) is 0 Å². The second-order valence-corrected chi connectivity index (χ2v) is 8.41. The van der Waals surface area contributed by atoms with E-state index >= 15 is 0 Å². The Morgan fingerprint density at radius 2 is 1.90 bits per heavy atom. The van der Waals surface area contributed by atoms with Crippen LogP contribution in [0.3, 0.4) is 0 Å². The molecule has 2 rings (SSSR count). The monoisotopic (exact) mass is 449 g/mol. The molecule has 11 heteroatoms. The maximum absolute atomic E-state index is 13.6. The smallest absolute Gasteiger partial charge is 0.251 e. The minimum absolute atomic E-state index is 0.0691. The van der Waals surface area contributed by atoms with Gasteiger partial charge < -0.3 is 15.2 Å². The van der Waals surface area contributed by atoms with E-state index in [4.69, 9.17) is 5.26 Å². The number of amides is 1. The fourth-order valence-electron chi connectivity index (χ4n) is 2.89. The van der Waals surface area contributed by atoms with Crippen molar-refractivity contribution in [3.8, 4) is 6.07 Å². The van der Waals surface area contributed by atoms with E-state index in [-0.39, 0.29) is 43.2 Å². The number of hydrogen-bond donors (Lipinski definition) is 2. The molecule has 0 spiro atoms. The zero-order valence-electron chi connectivity index (χ0n) is 17.3. The number of sulfonamides is 1. The summed E-state index contributed by atoms with van der Waals surface area (Å²) in [6.45, 7) is 3.99. The summed E-state index contributed by atoms with van der Waals surface area (Å²) in [5, 5.41) is 14.4. The summed E-state index contributed by atoms with van der Waals surface area (Å²) in [6, 6.07) is 8.29. The van der Waals surface area contributed by atoms with E-state index in [9.17, 15) is 22.4 Å². The first-order valence-electron chi connectivity index (χ1n) is 9.64. The number of nitrogens with one attached hydrogen (secondary N) is 2. The fourth-order valence-corrected chi connectivity index (χ4v) is 4.37. The molecule has 0 aliphatic rings. The van der Waals surface area contributed by atoms with Crippen LogP contribution in [0.15, 0.2) is 46.2 Å². The number of hydrogen-bond acceptors (Lipinski definition) is 6. The number of nitrogens with zero attached hydrogens (tertiary/aromatic N) is 3. The summed E-state index contributed by atoms with van der Waals surface area (Å²) >= 11 is 0. The van der Waals surface area contributed by atoms with Crippen molar-refractivity contribution in [3.05, 3.63) is 58.3 Å². The van der Waals surface area contributed by atoms with Crippen molar-refractivity contribution in [2.45, 2.75) is 25.3 Å². The Hall–Kier alpha value is -3.23. The Kier molecular flexibility index (Phi) is 8.30. The largest absolute Gasteiger partial charge is 0.382 e. The van der Waals surface area contributed by atoms with Crippen LogP contribution in [0.2, 0.25) is 0 Å². The molecule has 166 valence electrons. The number of carbonyl (C=O) groups is 1. The van der Waals surface area contributed by atoms with Gasteiger partial charge in [-0.1, -0.05) is 19.9 Å². The molecular weight excluding hydrogens is 425 g/mol. The van der Waals surface area contributed by atoms with Crippen molar-refractivity contribution in [2.24, 2.45) is 0 Å². The molecule has 2 aromatic rings. The van der Waals surface area contributed by atoms with E-state index < -0.39 is 27.3 Å². The van der Waals surface area contributed by atoms with E-state index in [2.05, 4.69) is 10.6 Å². The molecule has 0 aliphatic carbocycles. The summed E-state index contributed by atoms with van der Waals surface area (Å²) in [7, 11) is -3.76. The normalized spacial score (nSPS) is 11.2. The molecule has 0 bridgehead atoms. The number of carbonyl (C=O) groups excluding carboxylic acids is 1. The van der Waals surface area contributed by atoms with Crippen LogP contribution >= 0.6 is 0 Å². The van der Waals surface area contributed by atoms with Crippen molar-refractivity contribution in [2.75, 3.05) is 31.5 Å². The minimum Gasteiger partial charge on any atom is -0.382 e. The second-order valence-electron chi connectivity index (χ2n) is 6.47. The van der Waals surface area contributed by atoms with Crippen LogP contribution in [-0.2, 0) is 21.4 Å². The number of pyridine rings is 1. The molecule has 0 radical (unpaired) electrons. The SMILES string of the molecule is CCN(CC)S(=O)(=O)c1ccc(=O)n(CC(=O)NCCNc2cccc(F)c2C#N)c1. The van der Waals surface area contributed by atoms with Gasteiger partial charge in [-0.05, 0) is 18.2 Å². The Balaban J connectivity index is 1.99. The standard InChI is InChI=1S/C20H24FN5O4S/c1-3-26(4-2)31(29,30)15-8-9-20(28)25(13-15)14-19(27)24-11-10-23-18-7-5-6-17(21)16(18)12-22/h5-9,13,23H,3-4,10-11,14H2,1-2H3,(H,24,27). The molecule has 0 unspecified atom stereocenters. The number of aromatic nitrogens is 1. The first-order valence-corrected chi connectivity index (χ1v) is 11.1. The van der Waals surface area contributed by atoms with E-state index in [1.165, 1.54) is 22.5 Å². The maximum atomic E-state index is 13.6.